The molecular formula is C12H17BClNO2. The van der Waals surface area contributed by atoms with E-state index in [9.17, 15) is 0 Å². The molecule has 1 aliphatic heterocycles. The molecule has 0 saturated carbocycles. The van der Waals surface area contributed by atoms with Crippen LogP contribution in [0.2, 0.25) is 5.15 Å². The Morgan fingerprint density at radius 1 is 1.18 bits per heavy atom. The van der Waals surface area contributed by atoms with Crippen molar-refractivity contribution >= 4 is 24.2 Å². The zero-order chi connectivity index (χ0) is 12.8. The van der Waals surface area contributed by atoms with Crippen LogP contribution in [-0.2, 0) is 9.31 Å². The maximum atomic E-state index is 6.09. The van der Waals surface area contributed by atoms with Gasteiger partial charge in [0.25, 0.3) is 0 Å². The van der Waals surface area contributed by atoms with Crippen LogP contribution in [0.5, 0.6) is 0 Å². The molecule has 1 saturated heterocycles. The predicted octanol–water partition coefficient (Wildman–Crippen LogP) is 2.34. The Bertz CT molecular complexity index is 432. The predicted molar refractivity (Wildman–Crippen MR) is 69.7 cm³/mol. The summed E-state index contributed by atoms with van der Waals surface area (Å²) in [4.78, 5) is 4.12. The van der Waals surface area contributed by atoms with Crippen molar-refractivity contribution in [2.75, 3.05) is 0 Å². The number of hydrogen-bond acceptors (Lipinski definition) is 3. The molecule has 0 aromatic carbocycles. The summed E-state index contributed by atoms with van der Waals surface area (Å²) in [5.41, 5.74) is 1.12. The van der Waals surface area contributed by atoms with E-state index >= 15 is 0 Å². The van der Waals surface area contributed by atoms with E-state index in [1.165, 1.54) is 0 Å². The minimum Gasteiger partial charge on any atom is -0.399 e. The molecule has 1 aromatic heterocycles. The first-order valence-corrected chi connectivity index (χ1v) is 6.08. The molecule has 0 spiro atoms. The standard InChI is InChI=1S/C12H17BClNO2/c1-8-6-9(10(14)15-7-8)13-16-11(2,3)12(4,5)17-13/h6-7H,1-5H3. The van der Waals surface area contributed by atoms with Crippen molar-refractivity contribution in [2.24, 2.45) is 0 Å². The Kier molecular flexibility index (Phi) is 3.01. The molecule has 0 N–H and O–H groups in total. The number of aryl methyl sites for hydroxylation is 1. The van der Waals surface area contributed by atoms with E-state index in [0.29, 0.717) is 5.15 Å². The molecule has 0 atom stereocenters. The van der Waals surface area contributed by atoms with E-state index in [0.717, 1.165) is 11.0 Å². The lowest BCUT2D eigenvalue weighted by Crippen LogP contribution is -2.41. The van der Waals surface area contributed by atoms with Crippen LogP contribution in [0, 0.1) is 6.92 Å². The molecule has 2 rings (SSSR count). The van der Waals surface area contributed by atoms with Gasteiger partial charge in [0.1, 0.15) is 5.15 Å². The van der Waals surface area contributed by atoms with Crippen LogP contribution >= 0.6 is 11.6 Å². The fourth-order valence-corrected chi connectivity index (χ4v) is 1.90. The molecule has 5 heteroatoms. The average molecular weight is 254 g/mol. The van der Waals surface area contributed by atoms with Gasteiger partial charge in [0, 0.05) is 11.7 Å². The summed E-state index contributed by atoms with van der Waals surface area (Å²) in [6.07, 6.45) is 1.73. The lowest BCUT2D eigenvalue weighted by atomic mass is 9.80. The van der Waals surface area contributed by atoms with Crippen LogP contribution in [0.4, 0.5) is 0 Å². The van der Waals surface area contributed by atoms with Crippen molar-refractivity contribution in [1.29, 1.82) is 0 Å². The monoisotopic (exact) mass is 253 g/mol. The van der Waals surface area contributed by atoms with E-state index < -0.39 is 7.12 Å². The Morgan fingerprint density at radius 3 is 2.24 bits per heavy atom. The molecule has 0 unspecified atom stereocenters. The van der Waals surface area contributed by atoms with Gasteiger partial charge in [-0.25, -0.2) is 4.98 Å². The summed E-state index contributed by atoms with van der Waals surface area (Å²) < 4.78 is 11.9. The van der Waals surface area contributed by atoms with Gasteiger partial charge in [0.2, 0.25) is 0 Å². The molecule has 0 bridgehead atoms. The lowest BCUT2D eigenvalue weighted by molar-refractivity contribution is 0.00578. The zero-order valence-electron chi connectivity index (χ0n) is 10.9. The van der Waals surface area contributed by atoms with Gasteiger partial charge in [0.05, 0.1) is 11.2 Å². The molecule has 0 radical (unpaired) electrons. The topological polar surface area (TPSA) is 31.4 Å². The van der Waals surface area contributed by atoms with E-state index in [4.69, 9.17) is 20.9 Å². The summed E-state index contributed by atoms with van der Waals surface area (Å²) in [7, 11) is -0.445. The fraction of sp³-hybridized carbons (Fsp3) is 0.583. The molecule has 2 heterocycles. The maximum Gasteiger partial charge on any atom is 0.498 e. The molecule has 0 amide bonds. The first-order valence-electron chi connectivity index (χ1n) is 5.71. The Labute approximate surface area is 108 Å². The second-order valence-electron chi connectivity index (χ2n) is 5.48. The normalized spacial score (nSPS) is 21.9. The quantitative estimate of drug-likeness (QED) is 0.569. The molecule has 0 aliphatic carbocycles. The highest BCUT2D eigenvalue weighted by Crippen LogP contribution is 2.36. The summed E-state index contributed by atoms with van der Waals surface area (Å²) in [5.74, 6) is 0. The van der Waals surface area contributed by atoms with Crippen LogP contribution in [0.3, 0.4) is 0 Å². The summed E-state index contributed by atoms with van der Waals surface area (Å²) in [5, 5.41) is 0.439. The van der Waals surface area contributed by atoms with Crippen molar-refractivity contribution in [3.8, 4) is 0 Å². The molecule has 1 aromatic rings. The van der Waals surface area contributed by atoms with Crippen molar-refractivity contribution in [3.63, 3.8) is 0 Å². The van der Waals surface area contributed by atoms with Crippen molar-refractivity contribution in [2.45, 2.75) is 45.8 Å². The third kappa shape index (κ3) is 2.22. The van der Waals surface area contributed by atoms with E-state index in [1.54, 1.807) is 6.20 Å². The van der Waals surface area contributed by atoms with Gasteiger partial charge in [-0.1, -0.05) is 17.7 Å². The molecule has 92 valence electrons. The molecule has 17 heavy (non-hydrogen) atoms. The Balaban J connectivity index is 2.35. The van der Waals surface area contributed by atoms with Gasteiger partial charge < -0.3 is 9.31 Å². The number of halogens is 1. The maximum absolute atomic E-state index is 6.09. The number of aromatic nitrogens is 1. The second kappa shape index (κ2) is 3.97. The minimum absolute atomic E-state index is 0.356. The lowest BCUT2D eigenvalue weighted by Gasteiger charge is -2.32. The van der Waals surface area contributed by atoms with E-state index in [1.807, 2.05) is 40.7 Å². The van der Waals surface area contributed by atoms with Crippen LogP contribution in [-0.4, -0.2) is 23.3 Å². The van der Waals surface area contributed by atoms with Gasteiger partial charge in [0.15, 0.2) is 0 Å². The average Bonchev–Trinajstić information content (AvgIpc) is 2.40. The van der Waals surface area contributed by atoms with E-state index in [-0.39, 0.29) is 11.2 Å². The summed E-state index contributed by atoms with van der Waals surface area (Å²) in [6, 6.07) is 1.96. The highest BCUT2D eigenvalue weighted by molar-refractivity contribution is 6.65. The number of hydrogen-bond donors (Lipinski definition) is 0. The summed E-state index contributed by atoms with van der Waals surface area (Å²) in [6.45, 7) is 10.0. The van der Waals surface area contributed by atoms with Crippen LogP contribution in [0.25, 0.3) is 0 Å². The molecule has 3 nitrogen and oxygen atoms in total. The van der Waals surface area contributed by atoms with Gasteiger partial charge in [-0.05, 0) is 40.2 Å². The second-order valence-corrected chi connectivity index (χ2v) is 5.84. The number of pyridine rings is 1. The first kappa shape index (κ1) is 12.9. The smallest absolute Gasteiger partial charge is 0.399 e. The van der Waals surface area contributed by atoms with Crippen molar-refractivity contribution < 1.29 is 9.31 Å². The van der Waals surface area contributed by atoms with Crippen LogP contribution < -0.4 is 5.46 Å². The highest BCUT2D eigenvalue weighted by Gasteiger charge is 2.52. The molecule has 1 aliphatic rings. The number of nitrogens with zero attached hydrogens (tertiary/aromatic N) is 1. The molecule has 1 fully saturated rings. The van der Waals surface area contributed by atoms with Crippen LogP contribution in [0.15, 0.2) is 12.3 Å². The Hall–Kier alpha value is -0.575. The van der Waals surface area contributed by atoms with E-state index in [2.05, 4.69) is 4.98 Å². The highest BCUT2D eigenvalue weighted by atomic mass is 35.5. The van der Waals surface area contributed by atoms with Gasteiger partial charge in [-0.2, -0.15) is 0 Å². The third-order valence-electron chi connectivity index (χ3n) is 3.51. The largest absolute Gasteiger partial charge is 0.498 e. The Morgan fingerprint density at radius 2 is 1.71 bits per heavy atom. The minimum atomic E-state index is -0.445. The van der Waals surface area contributed by atoms with Crippen molar-refractivity contribution in [3.05, 3.63) is 23.0 Å². The fourth-order valence-electron chi connectivity index (χ4n) is 1.71. The number of rotatable bonds is 1. The summed E-state index contributed by atoms with van der Waals surface area (Å²) >= 11 is 6.09. The van der Waals surface area contributed by atoms with Gasteiger partial charge in [-0.15, -0.1) is 0 Å². The SMILES string of the molecule is Cc1cnc(Cl)c(B2OC(C)(C)C(C)(C)O2)c1. The zero-order valence-corrected chi connectivity index (χ0v) is 11.6. The first-order chi connectivity index (χ1) is 7.73. The van der Waals surface area contributed by atoms with Gasteiger partial charge >= 0.3 is 7.12 Å². The van der Waals surface area contributed by atoms with Crippen molar-refractivity contribution in [1.82, 2.24) is 4.98 Å². The van der Waals surface area contributed by atoms with Gasteiger partial charge in [-0.3, -0.25) is 0 Å². The molecular weight excluding hydrogens is 236 g/mol. The van der Waals surface area contributed by atoms with Crippen LogP contribution in [0.1, 0.15) is 33.3 Å². The third-order valence-corrected chi connectivity index (χ3v) is 3.83.